The molecule has 0 bridgehead atoms. The molecule has 0 amide bonds. The molecule has 3 aromatic carbocycles. The van der Waals surface area contributed by atoms with Crippen LogP contribution in [-0.2, 0) is 0 Å². The Labute approximate surface area is 169 Å². The molecule has 1 aliphatic heterocycles. The molecule has 4 heteroatoms. The van der Waals surface area contributed by atoms with Crippen LogP contribution in [-0.4, -0.2) is 5.71 Å². The van der Waals surface area contributed by atoms with Crippen molar-refractivity contribution in [3.05, 3.63) is 106 Å². The maximum absolute atomic E-state index is 6.47. The summed E-state index contributed by atoms with van der Waals surface area (Å²) in [5.41, 5.74) is 4.23. The summed E-state index contributed by atoms with van der Waals surface area (Å²) in [6, 6.07) is 26.2. The highest BCUT2D eigenvalue weighted by atomic mass is 35.5. The Morgan fingerprint density at radius 3 is 2.26 bits per heavy atom. The Morgan fingerprint density at radius 2 is 1.56 bits per heavy atom. The normalized spacial score (nSPS) is 16.7. The number of allylic oxidation sites excluding steroid dienone is 1. The number of hydrogen-bond acceptors (Lipinski definition) is 2. The molecule has 0 radical (unpaired) electrons. The van der Waals surface area contributed by atoms with Gasteiger partial charge < -0.3 is 0 Å². The summed E-state index contributed by atoms with van der Waals surface area (Å²) in [5.74, 6) is 0. The second-order valence-electron chi connectivity index (χ2n) is 6.41. The van der Waals surface area contributed by atoms with Gasteiger partial charge in [0.2, 0.25) is 0 Å². The topological polar surface area (TPSA) is 15.6 Å². The summed E-state index contributed by atoms with van der Waals surface area (Å²) in [4.78, 5) is 0. The highest BCUT2D eigenvalue weighted by Gasteiger charge is 2.29. The number of hydrazone groups is 1. The average Bonchev–Trinajstić information content (AvgIpc) is 3.12. The minimum atomic E-state index is 0.0975. The number of hydrogen-bond donors (Lipinski definition) is 0. The van der Waals surface area contributed by atoms with E-state index in [9.17, 15) is 0 Å². The first-order valence-electron chi connectivity index (χ1n) is 8.80. The van der Waals surface area contributed by atoms with Crippen LogP contribution in [0.4, 0.5) is 5.69 Å². The fourth-order valence-electron chi connectivity index (χ4n) is 3.21. The molecule has 0 aromatic heterocycles. The van der Waals surface area contributed by atoms with Crippen LogP contribution in [0.15, 0.2) is 90.0 Å². The third kappa shape index (κ3) is 4.08. The van der Waals surface area contributed by atoms with Crippen molar-refractivity contribution in [2.24, 2.45) is 5.10 Å². The lowest BCUT2D eigenvalue weighted by Gasteiger charge is -2.25. The summed E-state index contributed by atoms with van der Waals surface area (Å²) in [6.07, 6.45) is 4.98. The van der Waals surface area contributed by atoms with Crippen molar-refractivity contribution in [2.75, 3.05) is 5.01 Å². The molecule has 4 rings (SSSR count). The molecule has 1 aliphatic rings. The number of nitrogens with zero attached hydrogens (tertiary/aromatic N) is 2. The van der Waals surface area contributed by atoms with Gasteiger partial charge in [0.15, 0.2) is 0 Å². The van der Waals surface area contributed by atoms with Gasteiger partial charge in [-0.15, -0.1) is 0 Å². The molecule has 0 saturated heterocycles. The lowest BCUT2D eigenvalue weighted by atomic mass is 10.0. The molecule has 0 saturated carbocycles. The summed E-state index contributed by atoms with van der Waals surface area (Å²) < 4.78 is 0. The van der Waals surface area contributed by atoms with Crippen molar-refractivity contribution in [2.45, 2.75) is 12.5 Å². The Balaban J connectivity index is 1.69. The van der Waals surface area contributed by atoms with Crippen molar-refractivity contribution in [1.82, 2.24) is 0 Å². The number of anilines is 1. The fourth-order valence-corrected chi connectivity index (χ4v) is 3.71. The van der Waals surface area contributed by atoms with Crippen molar-refractivity contribution >= 4 is 40.7 Å². The monoisotopic (exact) mass is 392 g/mol. The van der Waals surface area contributed by atoms with E-state index in [1.54, 1.807) is 6.07 Å². The standard InChI is InChI=1S/C23H18Cl2N2/c24-19-12-14-22(21(25)15-19)27-23(18-9-5-2-6-10-18)16-20(26-27)13-11-17-7-3-1-4-8-17/h1-15,23H,16H2/b13-11+. The predicted molar refractivity (Wildman–Crippen MR) is 116 cm³/mol. The van der Waals surface area contributed by atoms with Crippen LogP contribution in [0.2, 0.25) is 10.0 Å². The van der Waals surface area contributed by atoms with Gasteiger partial charge in [0.05, 0.1) is 22.5 Å². The number of rotatable bonds is 4. The van der Waals surface area contributed by atoms with E-state index in [2.05, 4.69) is 48.6 Å². The molecule has 2 nitrogen and oxygen atoms in total. The molecule has 0 aliphatic carbocycles. The summed E-state index contributed by atoms with van der Waals surface area (Å²) in [5, 5.41) is 8.07. The number of halogens is 2. The zero-order valence-electron chi connectivity index (χ0n) is 14.6. The minimum Gasteiger partial charge on any atom is -0.256 e. The summed E-state index contributed by atoms with van der Waals surface area (Å²) >= 11 is 12.5. The van der Waals surface area contributed by atoms with Crippen LogP contribution in [0.25, 0.3) is 6.08 Å². The molecule has 134 valence electrons. The van der Waals surface area contributed by atoms with Gasteiger partial charge in [-0.2, -0.15) is 5.10 Å². The Bertz CT molecular complexity index is 982. The lowest BCUT2D eigenvalue weighted by molar-refractivity contribution is 0.709. The maximum atomic E-state index is 6.47. The fraction of sp³-hybridized carbons (Fsp3) is 0.0870. The van der Waals surface area contributed by atoms with Gasteiger partial charge in [0, 0.05) is 11.4 Å². The molecule has 0 spiro atoms. The Morgan fingerprint density at radius 1 is 0.852 bits per heavy atom. The average molecular weight is 393 g/mol. The molecular weight excluding hydrogens is 375 g/mol. The first kappa shape index (κ1) is 17.8. The van der Waals surface area contributed by atoms with Crippen LogP contribution < -0.4 is 5.01 Å². The van der Waals surface area contributed by atoms with Crippen molar-refractivity contribution in [3.8, 4) is 0 Å². The molecule has 1 unspecified atom stereocenters. The molecule has 0 fully saturated rings. The van der Waals surface area contributed by atoms with Gasteiger partial charge in [0.25, 0.3) is 0 Å². The second kappa shape index (κ2) is 7.99. The van der Waals surface area contributed by atoms with Crippen molar-refractivity contribution in [1.29, 1.82) is 0 Å². The van der Waals surface area contributed by atoms with E-state index >= 15 is 0 Å². The van der Waals surface area contributed by atoms with Crippen molar-refractivity contribution in [3.63, 3.8) is 0 Å². The minimum absolute atomic E-state index is 0.0975. The van der Waals surface area contributed by atoms with E-state index in [-0.39, 0.29) is 6.04 Å². The van der Waals surface area contributed by atoms with Gasteiger partial charge in [-0.05, 0) is 35.4 Å². The van der Waals surface area contributed by atoms with Gasteiger partial charge >= 0.3 is 0 Å². The van der Waals surface area contributed by atoms with Crippen molar-refractivity contribution < 1.29 is 0 Å². The van der Waals surface area contributed by atoms with Crippen LogP contribution in [0.3, 0.4) is 0 Å². The second-order valence-corrected chi connectivity index (χ2v) is 7.25. The van der Waals surface area contributed by atoms with E-state index in [1.807, 2.05) is 41.4 Å². The van der Waals surface area contributed by atoms with E-state index in [4.69, 9.17) is 28.3 Å². The molecule has 3 aromatic rings. The van der Waals surface area contributed by atoms with E-state index in [1.165, 1.54) is 5.56 Å². The van der Waals surface area contributed by atoms with Gasteiger partial charge in [-0.25, -0.2) is 0 Å². The summed E-state index contributed by atoms with van der Waals surface area (Å²) in [6.45, 7) is 0. The zero-order valence-corrected chi connectivity index (χ0v) is 16.1. The Hall–Kier alpha value is -2.55. The lowest BCUT2D eigenvalue weighted by Crippen LogP contribution is -2.18. The highest BCUT2D eigenvalue weighted by molar-refractivity contribution is 6.36. The predicted octanol–water partition coefficient (Wildman–Crippen LogP) is 7.01. The zero-order chi connectivity index (χ0) is 18.6. The quantitative estimate of drug-likeness (QED) is 0.465. The van der Waals surface area contributed by atoms with E-state index < -0.39 is 0 Å². The third-order valence-electron chi connectivity index (χ3n) is 4.54. The van der Waals surface area contributed by atoms with Gasteiger partial charge in [-0.1, -0.05) is 89.9 Å². The van der Waals surface area contributed by atoms with Crippen LogP contribution >= 0.6 is 23.2 Å². The first-order valence-corrected chi connectivity index (χ1v) is 9.56. The maximum Gasteiger partial charge on any atom is 0.0832 e. The van der Waals surface area contributed by atoms with Gasteiger partial charge in [-0.3, -0.25) is 5.01 Å². The smallest absolute Gasteiger partial charge is 0.0832 e. The third-order valence-corrected chi connectivity index (χ3v) is 5.08. The highest BCUT2D eigenvalue weighted by Crippen LogP contribution is 2.39. The summed E-state index contributed by atoms with van der Waals surface area (Å²) in [7, 11) is 0. The van der Waals surface area contributed by atoms with Gasteiger partial charge in [0.1, 0.15) is 0 Å². The van der Waals surface area contributed by atoms with Crippen LogP contribution in [0, 0.1) is 0 Å². The van der Waals surface area contributed by atoms with E-state index in [0.29, 0.717) is 10.0 Å². The molecule has 0 N–H and O–H groups in total. The molecule has 27 heavy (non-hydrogen) atoms. The number of benzene rings is 3. The first-order chi connectivity index (χ1) is 13.2. The van der Waals surface area contributed by atoms with Crippen LogP contribution in [0.1, 0.15) is 23.6 Å². The molecule has 1 atom stereocenters. The SMILES string of the molecule is Clc1ccc(N2N=C(/C=C/c3ccccc3)CC2c2ccccc2)c(Cl)c1. The Kier molecular flexibility index (Phi) is 5.28. The largest absolute Gasteiger partial charge is 0.256 e. The van der Waals surface area contributed by atoms with E-state index in [0.717, 1.165) is 23.4 Å². The van der Waals surface area contributed by atoms with Crippen LogP contribution in [0.5, 0.6) is 0 Å². The molecule has 1 heterocycles. The molecular formula is C23H18Cl2N2.